The molecule has 0 radical (unpaired) electrons. The Hall–Kier alpha value is -3.23. The highest BCUT2D eigenvalue weighted by molar-refractivity contribution is 8.26. The average molecular weight is 437 g/mol. The third-order valence-corrected chi connectivity index (χ3v) is 6.06. The van der Waals surface area contributed by atoms with Gasteiger partial charge in [-0.1, -0.05) is 66.4 Å². The van der Waals surface area contributed by atoms with Crippen molar-refractivity contribution < 1.29 is 14.1 Å². The van der Waals surface area contributed by atoms with E-state index in [0.29, 0.717) is 26.3 Å². The highest BCUT2D eigenvalue weighted by Crippen LogP contribution is 2.38. The molecule has 6 nitrogen and oxygen atoms in total. The molecule has 150 valence electrons. The van der Waals surface area contributed by atoms with Gasteiger partial charge in [-0.15, -0.1) is 0 Å². The molecule has 0 bridgehead atoms. The van der Waals surface area contributed by atoms with Gasteiger partial charge in [-0.25, -0.2) is 0 Å². The molecule has 1 atom stereocenters. The normalized spacial score (nSPS) is 16.3. The number of non-ortho nitro benzene ring substituents is 1. The molecule has 1 amide bonds. The number of thioether (sulfide) groups is 1. The van der Waals surface area contributed by atoms with Crippen LogP contribution in [0.25, 0.3) is 17.4 Å². The zero-order chi connectivity index (χ0) is 21.3. The fourth-order valence-corrected chi connectivity index (χ4v) is 4.58. The number of thiocarbonyl (C=S) groups is 1. The second-order valence-corrected chi connectivity index (χ2v) is 8.32. The van der Waals surface area contributed by atoms with Crippen LogP contribution in [0.4, 0.5) is 5.69 Å². The van der Waals surface area contributed by atoms with E-state index in [2.05, 4.69) is 0 Å². The van der Waals surface area contributed by atoms with E-state index in [4.69, 9.17) is 16.6 Å². The Bertz CT molecular complexity index is 1170. The highest BCUT2D eigenvalue weighted by Gasteiger charge is 2.36. The summed E-state index contributed by atoms with van der Waals surface area (Å²) >= 11 is 6.67. The standard InChI is InChI=1S/C22H16N2O4S2/c1-14(15-6-3-2-4-7-15)23-21(25)20(30-22(23)29)13-18-10-11-19(28-18)16-8-5-9-17(12-16)24(26)27/h2-14H,1H3/b20-13+/t14-/m1/s1. The molecule has 1 aliphatic heterocycles. The number of carbonyl (C=O) groups is 1. The van der Waals surface area contributed by atoms with Crippen LogP contribution in [0.1, 0.15) is 24.3 Å². The zero-order valence-corrected chi connectivity index (χ0v) is 17.5. The second-order valence-electron chi connectivity index (χ2n) is 6.65. The van der Waals surface area contributed by atoms with Gasteiger partial charge in [0, 0.05) is 23.8 Å². The molecule has 1 aliphatic rings. The van der Waals surface area contributed by atoms with Crippen molar-refractivity contribution in [1.82, 2.24) is 4.90 Å². The Morgan fingerprint density at radius 2 is 1.90 bits per heavy atom. The van der Waals surface area contributed by atoms with Crippen molar-refractivity contribution in [3.8, 4) is 11.3 Å². The highest BCUT2D eigenvalue weighted by atomic mass is 32.2. The maximum absolute atomic E-state index is 13.0. The summed E-state index contributed by atoms with van der Waals surface area (Å²) in [5, 5.41) is 11.0. The first-order valence-electron chi connectivity index (χ1n) is 9.11. The second kappa shape index (κ2) is 8.25. The number of nitro groups is 1. The minimum atomic E-state index is -0.452. The van der Waals surface area contributed by atoms with Gasteiger partial charge in [0.15, 0.2) is 0 Å². The van der Waals surface area contributed by atoms with E-state index in [1.165, 1.54) is 23.9 Å². The first-order chi connectivity index (χ1) is 14.4. The van der Waals surface area contributed by atoms with Crippen molar-refractivity contribution in [1.29, 1.82) is 0 Å². The number of carbonyl (C=O) groups excluding carboxylic acids is 1. The van der Waals surface area contributed by atoms with Crippen molar-refractivity contribution in [2.24, 2.45) is 0 Å². The molecule has 0 spiro atoms. The van der Waals surface area contributed by atoms with Gasteiger partial charge in [0.05, 0.1) is 15.9 Å². The van der Waals surface area contributed by atoms with Crippen molar-refractivity contribution in [3.05, 3.63) is 93.1 Å². The molecule has 0 unspecified atom stereocenters. The lowest BCUT2D eigenvalue weighted by Gasteiger charge is -2.23. The molecule has 0 saturated carbocycles. The molecule has 0 N–H and O–H groups in total. The number of furan rings is 1. The first-order valence-corrected chi connectivity index (χ1v) is 10.3. The molecule has 1 saturated heterocycles. The lowest BCUT2D eigenvalue weighted by molar-refractivity contribution is -0.384. The van der Waals surface area contributed by atoms with Crippen LogP contribution in [0.15, 0.2) is 76.1 Å². The van der Waals surface area contributed by atoms with Crippen LogP contribution in [-0.4, -0.2) is 20.1 Å². The van der Waals surface area contributed by atoms with Gasteiger partial charge < -0.3 is 4.42 Å². The van der Waals surface area contributed by atoms with Crippen molar-refractivity contribution >= 4 is 46.0 Å². The van der Waals surface area contributed by atoms with E-state index in [0.717, 1.165) is 5.56 Å². The van der Waals surface area contributed by atoms with E-state index in [9.17, 15) is 14.9 Å². The Morgan fingerprint density at radius 1 is 1.13 bits per heavy atom. The van der Waals surface area contributed by atoms with Gasteiger partial charge >= 0.3 is 0 Å². The summed E-state index contributed by atoms with van der Waals surface area (Å²) < 4.78 is 6.30. The molecule has 2 aromatic carbocycles. The van der Waals surface area contributed by atoms with Crippen molar-refractivity contribution in [2.45, 2.75) is 13.0 Å². The van der Waals surface area contributed by atoms with E-state index in [1.54, 1.807) is 35.2 Å². The Kier molecular flexibility index (Phi) is 5.52. The van der Waals surface area contributed by atoms with E-state index < -0.39 is 4.92 Å². The number of hydrogen-bond donors (Lipinski definition) is 0. The van der Waals surface area contributed by atoms with Gasteiger partial charge in [0.1, 0.15) is 15.8 Å². The third-order valence-electron chi connectivity index (χ3n) is 4.73. The third kappa shape index (κ3) is 3.92. The molecule has 30 heavy (non-hydrogen) atoms. The predicted molar refractivity (Wildman–Crippen MR) is 121 cm³/mol. The molecule has 1 fully saturated rings. The zero-order valence-electron chi connectivity index (χ0n) is 15.8. The summed E-state index contributed by atoms with van der Waals surface area (Å²) in [6.45, 7) is 1.94. The van der Waals surface area contributed by atoms with E-state index in [-0.39, 0.29) is 17.6 Å². The molecule has 8 heteroatoms. The number of amides is 1. The van der Waals surface area contributed by atoms with E-state index >= 15 is 0 Å². The largest absolute Gasteiger partial charge is 0.457 e. The molecule has 3 aromatic rings. The Morgan fingerprint density at radius 3 is 2.63 bits per heavy atom. The van der Waals surface area contributed by atoms with Crippen LogP contribution < -0.4 is 0 Å². The summed E-state index contributed by atoms with van der Waals surface area (Å²) in [6, 6.07) is 19.2. The quantitative estimate of drug-likeness (QED) is 0.217. The lowest BCUT2D eigenvalue weighted by Crippen LogP contribution is -2.30. The van der Waals surface area contributed by atoms with Crippen molar-refractivity contribution in [2.75, 3.05) is 0 Å². The predicted octanol–water partition coefficient (Wildman–Crippen LogP) is 5.82. The van der Waals surface area contributed by atoms with Crippen LogP contribution >= 0.6 is 24.0 Å². The SMILES string of the molecule is C[C@H](c1ccccc1)N1C(=O)/C(=C\c2ccc(-c3cccc([N+](=O)[O-])c3)o2)SC1=S. The van der Waals surface area contributed by atoms with E-state index in [1.807, 2.05) is 37.3 Å². The number of benzene rings is 2. The Balaban J connectivity index is 1.58. The van der Waals surface area contributed by atoms with Crippen LogP contribution in [0.3, 0.4) is 0 Å². The fourth-order valence-electron chi connectivity index (χ4n) is 3.18. The number of rotatable bonds is 5. The van der Waals surface area contributed by atoms with Gasteiger partial charge in [-0.05, 0) is 24.6 Å². The molecule has 4 rings (SSSR count). The lowest BCUT2D eigenvalue weighted by atomic mass is 10.1. The topological polar surface area (TPSA) is 76.6 Å². The van der Waals surface area contributed by atoms with Gasteiger partial charge in [-0.2, -0.15) is 0 Å². The monoisotopic (exact) mass is 436 g/mol. The van der Waals surface area contributed by atoms with Crippen LogP contribution in [0.2, 0.25) is 0 Å². The van der Waals surface area contributed by atoms with Crippen LogP contribution in [-0.2, 0) is 4.79 Å². The molecule has 1 aromatic heterocycles. The average Bonchev–Trinajstić information content (AvgIpc) is 3.33. The molecular formula is C22H16N2O4S2. The molecule has 0 aliphatic carbocycles. The minimum absolute atomic E-state index is 0.0128. The van der Waals surface area contributed by atoms with Crippen LogP contribution in [0, 0.1) is 10.1 Å². The first kappa shape index (κ1) is 20.1. The number of nitrogens with zero attached hydrogens (tertiary/aromatic N) is 2. The maximum Gasteiger partial charge on any atom is 0.270 e. The summed E-state index contributed by atoms with van der Waals surface area (Å²) in [4.78, 5) is 25.6. The summed E-state index contributed by atoms with van der Waals surface area (Å²) in [6.07, 6.45) is 1.65. The maximum atomic E-state index is 13.0. The van der Waals surface area contributed by atoms with Crippen LogP contribution in [0.5, 0.6) is 0 Å². The van der Waals surface area contributed by atoms with Gasteiger partial charge in [0.2, 0.25) is 0 Å². The minimum Gasteiger partial charge on any atom is -0.457 e. The van der Waals surface area contributed by atoms with Gasteiger partial charge in [0.25, 0.3) is 11.6 Å². The summed E-state index contributed by atoms with van der Waals surface area (Å²) in [5.74, 6) is 0.789. The number of hydrogen-bond acceptors (Lipinski definition) is 6. The fraction of sp³-hybridized carbons (Fsp3) is 0.0909. The van der Waals surface area contributed by atoms with Crippen molar-refractivity contribution in [3.63, 3.8) is 0 Å². The molecule has 2 heterocycles. The Labute approximate surface area is 182 Å². The smallest absolute Gasteiger partial charge is 0.270 e. The molecular weight excluding hydrogens is 420 g/mol. The van der Waals surface area contributed by atoms with Gasteiger partial charge in [-0.3, -0.25) is 19.8 Å². The summed E-state index contributed by atoms with van der Waals surface area (Å²) in [7, 11) is 0. The number of nitro benzene ring substituents is 1. The summed E-state index contributed by atoms with van der Waals surface area (Å²) in [5.41, 5.74) is 1.58.